The predicted octanol–water partition coefficient (Wildman–Crippen LogP) is 3.53. The molecule has 0 bridgehead atoms. The van der Waals surface area contributed by atoms with Crippen molar-refractivity contribution in [2.75, 3.05) is 5.75 Å². The molecule has 2 aromatic carbocycles. The summed E-state index contributed by atoms with van der Waals surface area (Å²) >= 11 is 0. The van der Waals surface area contributed by atoms with Gasteiger partial charge in [-0.1, -0.05) is 18.2 Å². The zero-order valence-electron chi connectivity index (χ0n) is 21.5. The topological polar surface area (TPSA) is 86.7 Å². The van der Waals surface area contributed by atoms with Gasteiger partial charge in [0, 0.05) is 26.5 Å². The minimum absolute atomic E-state index is 0.186. The van der Waals surface area contributed by atoms with Crippen molar-refractivity contribution in [1.29, 1.82) is 0 Å². The third-order valence-electron chi connectivity index (χ3n) is 6.63. The van der Waals surface area contributed by atoms with Crippen LogP contribution in [0.25, 0.3) is 11.1 Å². The Morgan fingerprint density at radius 1 is 1.19 bits per heavy atom. The maximum Gasteiger partial charge on any atom is 0.426 e. The van der Waals surface area contributed by atoms with Gasteiger partial charge in [0.05, 0.1) is 11.8 Å². The van der Waals surface area contributed by atoms with Crippen LogP contribution in [0.15, 0.2) is 36.4 Å². The van der Waals surface area contributed by atoms with Crippen molar-refractivity contribution in [3.05, 3.63) is 59.4 Å². The largest absolute Gasteiger partial charge is 0.426 e. The number of piperidine rings is 1. The van der Waals surface area contributed by atoms with Crippen molar-refractivity contribution in [3.63, 3.8) is 0 Å². The van der Waals surface area contributed by atoms with Gasteiger partial charge in [0.15, 0.2) is 0 Å². The Hall–Kier alpha value is -2.64. The maximum atomic E-state index is 15.6. The Balaban J connectivity index is 1.81. The first-order chi connectivity index (χ1) is 17.8. The molecule has 0 radical (unpaired) electrons. The third kappa shape index (κ3) is 5.08. The number of nitrogens with zero attached hydrogens (tertiary/aromatic N) is 1. The number of amides is 1. The number of carbonyl (C=O) groups excluding carboxylic acids is 1. The number of carbonyl (C=O) groups is 1. The molecule has 2 aliphatic rings. The van der Waals surface area contributed by atoms with Crippen LogP contribution < -0.4 is 4.72 Å². The number of alkyl halides is 3. The van der Waals surface area contributed by atoms with Gasteiger partial charge < -0.3 is 10.0 Å². The van der Waals surface area contributed by atoms with E-state index in [-0.39, 0.29) is 23.6 Å². The summed E-state index contributed by atoms with van der Waals surface area (Å²) < 4.78 is 127. The van der Waals surface area contributed by atoms with E-state index >= 15 is 4.39 Å². The second kappa shape index (κ2) is 9.28. The Kier molecular flexibility index (Phi) is 6.19. The monoisotopic (exact) mass is 552 g/mol. The number of hydrogen-bond donors (Lipinski definition) is 2. The van der Waals surface area contributed by atoms with E-state index in [0.717, 1.165) is 12.1 Å². The lowest BCUT2D eigenvalue weighted by atomic mass is 9.93. The number of nitrogens with one attached hydrogen (secondary N) is 1. The van der Waals surface area contributed by atoms with E-state index in [9.17, 15) is 40.3 Å². The normalized spacial score (nSPS) is 27.2. The van der Waals surface area contributed by atoms with Gasteiger partial charge in [-0.15, -0.1) is 0 Å². The number of rotatable bonds is 7. The Labute approximate surface area is 212 Å². The van der Waals surface area contributed by atoms with Gasteiger partial charge in [-0.3, -0.25) is 4.79 Å². The number of sulfonamides is 1. The second-order valence-corrected chi connectivity index (χ2v) is 11.2. The van der Waals surface area contributed by atoms with Crippen LogP contribution in [0.2, 0.25) is 0 Å². The summed E-state index contributed by atoms with van der Waals surface area (Å²) in [5.41, 5.74) is -4.65. The standard InChI is InChI=1S/C24H24F6N2O4S/c1-3-37(35,36)31-21-17-11-18(17)32(22(33)23(2,34)24(28,29)30)19(21)9-12-5-4-6-16(20(12)27)13-7-14(25)10-15(26)8-13/h4-8,10,17-19,21,31,34H,3,9,11H2,1-2H3/t17?,18?,19?,21?,23-/m1/s1/i11D2. The van der Waals surface area contributed by atoms with E-state index in [2.05, 4.69) is 4.72 Å². The quantitative estimate of drug-likeness (QED) is 0.515. The van der Waals surface area contributed by atoms with Crippen LogP contribution >= 0.6 is 0 Å². The van der Waals surface area contributed by atoms with E-state index in [0.29, 0.717) is 11.0 Å². The number of likely N-dealkylation sites (tertiary alicyclic amines) is 1. The highest BCUT2D eigenvalue weighted by Gasteiger charge is 2.66. The lowest BCUT2D eigenvalue weighted by Gasteiger charge is -2.37. The zero-order chi connectivity index (χ0) is 29.3. The van der Waals surface area contributed by atoms with Crippen molar-refractivity contribution < 1.29 is 47.4 Å². The van der Waals surface area contributed by atoms with Crippen LogP contribution in [0.3, 0.4) is 0 Å². The summed E-state index contributed by atoms with van der Waals surface area (Å²) in [7, 11) is -4.08. The number of benzene rings is 2. The molecule has 0 aromatic heterocycles. The molecule has 13 heteroatoms. The van der Waals surface area contributed by atoms with Crippen LogP contribution in [-0.2, 0) is 21.2 Å². The highest BCUT2D eigenvalue weighted by molar-refractivity contribution is 7.89. The molecule has 5 atom stereocenters. The van der Waals surface area contributed by atoms with Crippen LogP contribution in [0.5, 0.6) is 0 Å². The van der Waals surface area contributed by atoms with Crippen LogP contribution in [0.1, 0.15) is 28.5 Å². The number of hydrogen-bond acceptors (Lipinski definition) is 4. The van der Waals surface area contributed by atoms with E-state index < -0.39 is 87.7 Å². The smallest absolute Gasteiger partial charge is 0.373 e. The molecule has 4 unspecified atom stereocenters. The van der Waals surface area contributed by atoms with E-state index in [1.807, 2.05) is 0 Å². The molecule has 1 saturated carbocycles. The third-order valence-corrected chi connectivity index (χ3v) is 8.02. The van der Waals surface area contributed by atoms with Gasteiger partial charge in [0.2, 0.25) is 15.6 Å². The number of halogens is 6. The summed E-state index contributed by atoms with van der Waals surface area (Å²) in [5, 5.41) is 10.1. The SMILES string of the molecule is [2H]C1([2H])C2C(NS(=O)(=O)CC)C(Cc3cccc(-c4cc(F)cc(F)c4)c3F)N(C(=O)[C@@](C)(O)C(F)(F)F)C21. The van der Waals surface area contributed by atoms with Crippen LogP contribution in [0.4, 0.5) is 26.3 Å². The van der Waals surface area contributed by atoms with Crippen molar-refractivity contribution in [3.8, 4) is 11.1 Å². The molecular weight excluding hydrogens is 526 g/mol. The molecule has 37 heavy (non-hydrogen) atoms. The Morgan fingerprint density at radius 2 is 1.81 bits per heavy atom. The number of fused-ring (bicyclic) bond motifs is 1. The minimum atomic E-state index is -5.46. The van der Waals surface area contributed by atoms with E-state index in [4.69, 9.17) is 2.74 Å². The molecule has 1 heterocycles. The van der Waals surface area contributed by atoms with Crippen molar-refractivity contribution >= 4 is 15.9 Å². The zero-order valence-corrected chi connectivity index (χ0v) is 20.3. The van der Waals surface area contributed by atoms with Crippen molar-refractivity contribution in [2.45, 2.75) is 56.5 Å². The summed E-state index contributed by atoms with van der Waals surface area (Å²) in [6.45, 7) is 1.46. The average molecular weight is 553 g/mol. The summed E-state index contributed by atoms with van der Waals surface area (Å²) in [5.74, 6) is -6.68. The molecule has 202 valence electrons. The van der Waals surface area contributed by atoms with Crippen molar-refractivity contribution in [2.24, 2.45) is 5.92 Å². The molecule has 1 saturated heterocycles. The fourth-order valence-corrected chi connectivity index (χ4v) is 5.41. The van der Waals surface area contributed by atoms with Gasteiger partial charge >= 0.3 is 6.18 Å². The molecule has 1 aliphatic carbocycles. The van der Waals surface area contributed by atoms with Crippen LogP contribution in [-0.4, -0.2) is 60.0 Å². The average Bonchev–Trinajstić information content (AvgIpc) is 3.20. The number of aliphatic hydroxyl groups is 1. The van der Waals surface area contributed by atoms with E-state index in [1.165, 1.54) is 25.1 Å². The first kappa shape index (κ1) is 24.7. The first-order valence-corrected chi connectivity index (χ1v) is 12.8. The molecule has 2 N–H and O–H groups in total. The maximum absolute atomic E-state index is 15.6. The predicted molar refractivity (Wildman–Crippen MR) is 121 cm³/mol. The van der Waals surface area contributed by atoms with Gasteiger partial charge in [0.25, 0.3) is 5.91 Å². The van der Waals surface area contributed by atoms with Crippen molar-refractivity contribution in [1.82, 2.24) is 9.62 Å². The molecule has 2 fully saturated rings. The highest BCUT2D eigenvalue weighted by atomic mass is 32.2. The Morgan fingerprint density at radius 3 is 2.38 bits per heavy atom. The fourth-order valence-electron chi connectivity index (χ4n) is 4.53. The molecule has 1 amide bonds. The summed E-state index contributed by atoms with van der Waals surface area (Å²) in [6.07, 6.45) is -8.36. The Bertz CT molecular complexity index is 1400. The molecule has 4 rings (SSSR count). The summed E-state index contributed by atoms with van der Waals surface area (Å²) in [6, 6.07) is 1.46. The first-order valence-electron chi connectivity index (χ1n) is 12.2. The van der Waals surface area contributed by atoms with Gasteiger partial charge in [-0.2, -0.15) is 13.2 Å². The van der Waals surface area contributed by atoms with E-state index in [1.54, 1.807) is 0 Å². The van der Waals surface area contributed by atoms with Gasteiger partial charge in [0.1, 0.15) is 17.5 Å². The minimum Gasteiger partial charge on any atom is -0.373 e. The molecule has 0 spiro atoms. The molecule has 2 aromatic rings. The van der Waals surface area contributed by atoms with Gasteiger partial charge in [-0.05, 0) is 55.8 Å². The summed E-state index contributed by atoms with van der Waals surface area (Å²) in [4.78, 5) is 13.6. The molecular formula is C24H24F6N2O4S. The van der Waals surface area contributed by atoms with Crippen LogP contribution in [0, 0.1) is 23.4 Å². The fraction of sp³-hybridized carbons (Fsp3) is 0.458. The second-order valence-electron chi connectivity index (χ2n) is 9.18. The lowest BCUT2D eigenvalue weighted by Crippen LogP contribution is -2.60. The van der Waals surface area contributed by atoms with Gasteiger partial charge in [-0.25, -0.2) is 26.3 Å². The highest BCUT2D eigenvalue weighted by Crippen LogP contribution is 2.51. The molecule has 1 aliphatic heterocycles. The molecule has 6 nitrogen and oxygen atoms in total. The lowest BCUT2D eigenvalue weighted by molar-refractivity contribution is -0.251.